The van der Waals surface area contributed by atoms with Crippen molar-refractivity contribution in [3.05, 3.63) is 52.0 Å². The fourth-order valence-electron chi connectivity index (χ4n) is 2.97. The largest absolute Gasteiger partial charge is 0.383 e. The minimum absolute atomic E-state index is 0.133. The second kappa shape index (κ2) is 9.43. The summed E-state index contributed by atoms with van der Waals surface area (Å²) < 4.78 is 7.64. The second-order valence-corrected chi connectivity index (χ2v) is 8.21. The van der Waals surface area contributed by atoms with Crippen molar-refractivity contribution in [2.75, 3.05) is 26.8 Å². The van der Waals surface area contributed by atoms with Gasteiger partial charge >= 0.3 is 0 Å². The van der Waals surface area contributed by atoms with Crippen LogP contribution in [0.15, 0.2) is 46.4 Å². The molecule has 0 saturated carbocycles. The van der Waals surface area contributed by atoms with E-state index < -0.39 is 0 Å². The van der Waals surface area contributed by atoms with Gasteiger partial charge in [0.15, 0.2) is 0 Å². The molecule has 0 aliphatic carbocycles. The minimum atomic E-state index is -0.340. The molecule has 1 aromatic carbocycles. The number of imide groups is 1. The van der Waals surface area contributed by atoms with E-state index in [1.165, 1.54) is 6.08 Å². The molecular weight excluding hydrogens is 458 g/mol. The van der Waals surface area contributed by atoms with Crippen LogP contribution in [0.3, 0.4) is 0 Å². The summed E-state index contributed by atoms with van der Waals surface area (Å²) in [5.41, 5.74) is 1.61. The summed E-state index contributed by atoms with van der Waals surface area (Å²) in [6.07, 6.45) is 5.03. The molecule has 3 rings (SSSR count). The highest BCUT2D eigenvalue weighted by molar-refractivity contribution is 9.10. The number of nitrogens with one attached hydrogen (secondary N) is 1. The van der Waals surface area contributed by atoms with Gasteiger partial charge in [-0.05, 0) is 36.0 Å². The van der Waals surface area contributed by atoms with Crippen LogP contribution in [0, 0.1) is 0 Å². The first-order chi connectivity index (χ1) is 13.9. The van der Waals surface area contributed by atoms with Crippen molar-refractivity contribution in [3.8, 4) is 0 Å². The van der Waals surface area contributed by atoms with Crippen LogP contribution >= 0.6 is 27.7 Å². The first-order valence-corrected chi connectivity index (χ1v) is 10.5. The van der Waals surface area contributed by atoms with Crippen molar-refractivity contribution >= 4 is 61.7 Å². The predicted octanol–water partition coefficient (Wildman–Crippen LogP) is 3.39. The number of carbonyl (C=O) groups excluding carboxylic acids is 3. The van der Waals surface area contributed by atoms with E-state index in [0.29, 0.717) is 18.1 Å². The number of rotatable bonds is 8. The Balaban J connectivity index is 1.93. The number of hydrogen-bond acceptors (Lipinski definition) is 5. The predicted molar refractivity (Wildman–Crippen MR) is 117 cm³/mol. The van der Waals surface area contributed by atoms with Gasteiger partial charge in [0.05, 0.1) is 11.5 Å². The van der Waals surface area contributed by atoms with Gasteiger partial charge in [0.25, 0.3) is 11.1 Å². The van der Waals surface area contributed by atoms with Crippen LogP contribution in [0.25, 0.3) is 17.0 Å². The average Bonchev–Trinajstić information content (AvgIpc) is 3.14. The topological polar surface area (TPSA) is 80.6 Å². The van der Waals surface area contributed by atoms with Crippen LogP contribution in [0.2, 0.25) is 0 Å². The van der Waals surface area contributed by atoms with Crippen molar-refractivity contribution in [2.24, 2.45) is 0 Å². The summed E-state index contributed by atoms with van der Waals surface area (Å²) in [5.74, 6) is -0.479. The number of fused-ring (bicyclic) bond motifs is 1. The number of nitrogens with zero attached hydrogens (tertiary/aromatic N) is 2. The molecule has 2 aromatic rings. The third-order valence-electron chi connectivity index (χ3n) is 4.29. The molecule has 1 N–H and O–H groups in total. The number of carbonyl (C=O) groups is 3. The van der Waals surface area contributed by atoms with E-state index in [4.69, 9.17) is 4.74 Å². The van der Waals surface area contributed by atoms with E-state index in [2.05, 4.69) is 27.8 Å². The molecule has 0 radical (unpaired) electrons. The van der Waals surface area contributed by atoms with Crippen LogP contribution in [0.4, 0.5) is 4.79 Å². The Bertz CT molecular complexity index is 1010. The fourth-order valence-corrected chi connectivity index (χ4v) is 4.17. The molecule has 1 aliphatic heterocycles. The lowest BCUT2D eigenvalue weighted by Gasteiger charge is -2.07. The number of methoxy groups -OCH3 is 1. The average molecular weight is 478 g/mol. The van der Waals surface area contributed by atoms with Crippen LogP contribution in [0.5, 0.6) is 0 Å². The SMILES string of the molecule is C=CCN1C(=O)S/C(=C\c2cn(CC(=O)NCCOC)c3ccc(Br)cc23)C1=O. The van der Waals surface area contributed by atoms with Gasteiger partial charge in [0, 0.05) is 47.3 Å². The Hall–Kier alpha value is -2.36. The zero-order valence-electron chi connectivity index (χ0n) is 15.8. The molecule has 3 amide bonds. The minimum Gasteiger partial charge on any atom is -0.383 e. The maximum absolute atomic E-state index is 12.5. The summed E-state index contributed by atoms with van der Waals surface area (Å²) in [4.78, 5) is 38.3. The van der Waals surface area contributed by atoms with Gasteiger partial charge in [-0.1, -0.05) is 22.0 Å². The second-order valence-electron chi connectivity index (χ2n) is 6.30. The number of aromatic nitrogens is 1. The summed E-state index contributed by atoms with van der Waals surface area (Å²) in [7, 11) is 1.58. The standard InChI is InChI=1S/C20H20BrN3O4S/c1-3-7-24-19(26)17(29-20(24)27)9-13-11-23(12-18(25)22-6-8-28-2)16-5-4-14(21)10-15(13)16/h3-5,9-11H,1,6-8,12H2,2H3,(H,22,25)/b17-9-. The summed E-state index contributed by atoms with van der Waals surface area (Å²) >= 11 is 4.37. The monoisotopic (exact) mass is 477 g/mol. The van der Waals surface area contributed by atoms with E-state index in [0.717, 1.165) is 37.6 Å². The number of hydrogen-bond donors (Lipinski definition) is 1. The molecule has 0 spiro atoms. The summed E-state index contributed by atoms with van der Waals surface area (Å²) in [5, 5.41) is 3.35. The molecule has 1 aliphatic rings. The van der Waals surface area contributed by atoms with Gasteiger partial charge in [0.1, 0.15) is 6.54 Å². The van der Waals surface area contributed by atoms with Crippen LogP contribution in [0.1, 0.15) is 5.56 Å². The first kappa shape index (κ1) is 21.4. The normalized spacial score (nSPS) is 15.5. The molecule has 1 saturated heterocycles. The molecule has 1 aromatic heterocycles. The van der Waals surface area contributed by atoms with E-state index in [1.807, 2.05) is 29.0 Å². The van der Waals surface area contributed by atoms with Crippen molar-refractivity contribution < 1.29 is 19.1 Å². The Morgan fingerprint density at radius 3 is 2.90 bits per heavy atom. The Morgan fingerprint density at radius 2 is 2.17 bits per heavy atom. The molecule has 2 heterocycles. The lowest BCUT2D eigenvalue weighted by atomic mass is 10.1. The van der Waals surface area contributed by atoms with Gasteiger partial charge in [-0.3, -0.25) is 19.3 Å². The molecule has 1 fully saturated rings. The van der Waals surface area contributed by atoms with Gasteiger partial charge in [-0.15, -0.1) is 6.58 Å². The molecule has 0 atom stereocenters. The Labute approximate surface area is 180 Å². The molecule has 29 heavy (non-hydrogen) atoms. The van der Waals surface area contributed by atoms with Crippen molar-refractivity contribution in [1.29, 1.82) is 0 Å². The molecule has 7 nitrogen and oxygen atoms in total. The van der Waals surface area contributed by atoms with Gasteiger partial charge in [-0.2, -0.15) is 0 Å². The highest BCUT2D eigenvalue weighted by Crippen LogP contribution is 2.34. The Kier molecular flexibility index (Phi) is 6.94. The van der Waals surface area contributed by atoms with E-state index in [9.17, 15) is 14.4 Å². The van der Waals surface area contributed by atoms with E-state index in [-0.39, 0.29) is 30.1 Å². The summed E-state index contributed by atoms with van der Waals surface area (Å²) in [6.45, 7) is 4.77. The zero-order chi connectivity index (χ0) is 21.0. The molecule has 9 heteroatoms. The first-order valence-electron chi connectivity index (χ1n) is 8.85. The summed E-state index contributed by atoms with van der Waals surface area (Å²) in [6, 6.07) is 5.72. The quantitative estimate of drug-likeness (QED) is 0.358. The molecule has 152 valence electrons. The maximum atomic E-state index is 12.5. The van der Waals surface area contributed by atoms with E-state index >= 15 is 0 Å². The van der Waals surface area contributed by atoms with Gasteiger partial charge < -0.3 is 14.6 Å². The molecule has 0 bridgehead atoms. The lowest BCUT2D eigenvalue weighted by molar-refractivity contribution is -0.122. The lowest BCUT2D eigenvalue weighted by Crippen LogP contribution is -2.30. The van der Waals surface area contributed by atoms with Crippen molar-refractivity contribution in [1.82, 2.24) is 14.8 Å². The molecular formula is C20H20BrN3O4S. The highest BCUT2D eigenvalue weighted by atomic mass is 79.9. The van der Waals surface area contributed by atoms with Gasteiger partial charge in [0.2, 0.25) is 5.91 Å². The Morgan fingerprint density at radius 1 is 1.38 bits per heavy atom. The third kappa shape index (κ3) is 4.80. The smallest absolute Gasteiger partial charge is 0.293 e. The zero-order valence-corrected chi connectivity index (χ0v) is 18.2. The van der Waals surface area contributed by atoms with Crippen LogP contribution < -0.4 is 5.32 Å². The maximum Gasteiger partial charge on any atom is 0.293 e. The number of benzene rings is 1. The third-order valence-corrected chi connectivity index (χ3v) is 5.69. The van der Waals surface area contributed by atoms with Crippen LogP contribution in [-0.4, -0.2) is 53.3 Å². The fraction of sp³-hybridized carbons (Fsp3) is 0.250. The molecule has 0 unspecified atom stereocenters. The number of amides is 3. The van der Waals surface area contributed by atoms with E-state index in [1.54, 1.807) is 13.2 Å². The van der Waals surface area contributed by atoms with Crippen molar-refractivity contribution in [3.63, 3.8) is 0 Å². The van der Waals surface area contributed by atoms with Crippen molar-refractivity contribution in [2.45, 2.75) is 6.54 Å². The highest BCUT2D eigenvalue weighted by Gasteiger charge is 2.34. The number of ether oxygens (including phenoxy) is 1. The number of halogens is 1. The number of thioether (sulfide) groups is 1. The van der Waals surface area contributed by atoms with Gasteiger partial charge in [-0.25, -0.2) is 0 Å². The van der Waals surface area contributed by atoms with Crippen LogP contribution in [-0.2, 0) is 20.9 Å².